The summed E-state index contributed by atoms with van der Waals surface area (Å²) in [5.74, 6) is 2.84. The lowest BCUT2D eigenvalue weighted by Crippen LogP contribution is -2.34. The van der Waals surface area contributed by atoms with Crippen molar-refractivity contribution in [2.45, 2.75) is 116 Å². The van der Waals surface area contributed by atoms with Crippen molar-refractivity contribution in [3.63, 3.8) is 0 Å². The van der Waals surface area contributed by atoms with E-state index in [-0.39, 0.29) is 0 Å². The van der Waals surface area contributed by atoms with E-state index in [0.717, 1.165) is 17.8 Å². The largest absolute Gasteiger partial charge is 0.381 e. The van der Waals surface area contributed by atoms with Gasteiger partial charge in [0.15, 0.2) is 0 Å². The summed E-state index contributed by atoms with van der Waals surface area (Å²) in [4.78, 5) is 0. The van der Waals surface area contributed by atoms with Gasteiger partial charge in [-0.15, -0.1) is 0 Å². The van der Waals surface area contributed by atoms with Gasteiger partial charge in [-0.25, -0.2) is 0 Å². The maximum atomic E-state index is 6.08. The molecule has 136 valence electrons. The first-order valence-corrected chi connectivity index (χ1v) is 10.9. The first-order chi connectivity index (χ1) is 11.4. The highest BCUT2D eigenvalue weighted by Gasteiger charge is 2.38. The van der Waals surface area contributed by atoms with E-state index >= 15 is 0 Å². The zero-order valence-electron chi connectivity index (χ0n) is 16.0. The lowest BCUT2D eigenvalue weighted by Gasteiger charge is -2.35. The van der Waals surface area contributed by atoms with Gasteiger partial charge in [0.1, 0.15) is 0 Å². The van der Waals surface area contributed by atoms with E-state index in [9.17, 15) is 0 Å². The zero-order valence-corrected chi connectivity index (χ0v) is 16.0. The van der Waals surface area contributed by atoms with Crippen molar-refractivity contribution < 1.29 is 4.74 Å². The number of unbranched alkanes of at least 4 members (excludes halogenated alkanes) is 6. The maximum Gasteiger partial charge on any atom is 0.0604 e. The lowest BCUT2D eigenvalue weighted by atomic mass is 9.74. The minimum Gasteiger partial charge on any atom is -0.381 e. The average Bonchev–Trinajstić information content (AvgIpc) is 3.27. The van der Waals surface area contributed by atoms with E-state index in [4.69, 9.17) is 4.74 Å². The van der Waals surface area contributed by atoms with Crippen LogP contribution in [0.5, 0.6) is 0 Å². The molecule has 0 spiro atoms. The summed E-state index contributed by atoms with van der Waals surface area (Å²) in [6.45, 7) is 2.30. The molecule has 0 amide bonds. The predicted octanol–water partition coefficient (Wildman–Crippen LogP) is 7.14. The second-order valence-electron chi connectivity index (χ2n) is 8.35. The Morgan fingerprint density at radius 2 is 1.22 bits per heavy atom. The first-order valence-electron chi connectivity index (χ1n) is 10.9. The normalized spacial score (nSPS) is 21.5. The highest BCUT2D eigenvalue weighted by molar-refractivity contribution is 4.88. The molecule has 0 heterocycles. The predicted molar refractivity (Wildman–Crippen MR) is 101 cm³/mol. The molecular weight excluding hydrogens is 280 g/mol. The molecule has 2 saturated carbocycles. The van der Waals surface area contributed by atoms with Gasteiger partial charge in [-0.1, -0.05) is 103 Å². The summed E-state index contributed by atoms with van der Waals surface area (Å²) >= 11 is 0. The van der Waals surface area contributed by atoms with Crippen LogP contribution in [0, 0.1) is 17.8 Å². The van der Waals surface area contributed by atoms with E-state index in [1.54, 1.807) is 0 Å². The zero-order chi connectivity index (χ0) is 16.3. The van der Waals surface area contributed by atoms with Crippen LogP contribution in [-0.2, 0) is 4.74 Å². The molecule has 0 aromatic heterocycles. The molecule has 2 aliphatic carbocycles. The third kappa shape index (κ3) is 6.40. The number of ether oxygens (including phenoxy) is 1. The molecule has 0 radical (unpaired) electrons. The van der Waals surface area contributed by atoms with Crippen molar-refractivity contribution in [3.05, 3.63) is 0 Å². The maximum absolute atomic E-state index is 6.08. The Balaban J connectivity index is 1.75. The molecule has 1 nitrogen and oxygen atoms in total. The van der Waals surface area contributed by atoms with E-state index in [0.29, 0.717) is 6.10 Å². The monoisotopic (exact) mass is 322 g/mol. The highest BCUT2D eigenvalue weighted by Crippen LogP contribution is 2.44. The van der Waals surface area contributed by atoms with Crippen LogP contribution >= 0.6 is 0 Å². The Labute approximate surface area is 146 Å². The molecule has 1 atom stereocenters. The Hall–Kier alpha value is -0.0400. The number of hydrogen-bond acceptors (Lipinski definition) is 1. The number of rotatable bonds is 12. The van der Waals surface area contributed by atoms with E-state index in [1.165, 1.54) is 103 Å². The number of methoxy groups -OCH3 is 1. The second-order valence-corrected chi connectivity index (χ2v) is 8.35. The minimum absolute atomic E-state index is 0.553. The fraction of sp³-hybridized carbons (Fsp3) is 1.00. The average molecular weight is 323 g/mol. The summed E-state index contributed by atoms with van der Waals surface area (Å²) in [5, 5.41) is 0. The van der Waals surface area contributed by atoms with Gasteiger partial charge in [-0.2, -0.15) is 0 Å². The van der Waals surface area contributed by atoms with Crippen LogP contribution in [0.1, 0.15) is 110 Å². The quantitative estimate of drug-likeness (QED) is 0.347. The van der Waals surface area contributed by atoms with Gasteiger partial charge in [-0.3, -0.25) is 0 Å². The highest BCUT2D eigenvalue weighted by atomic mass is 16.5. The van der Waals surface area contributed by atoms with Crippen molar-refractivity contribution in [2.75, 3.05) is 7.11 Å². The summed E-state index contributed by atoms with van der Waals surface area (Å²) in [6, 6.07) is 0. The fourth-order valence-electron chi connectivity index (χ4n) is 5.45. The molecule has 0 N–H and O–H groups in total. The molecule has 0 aromatic carbocycles. The molecule has 0 saturated heterocycles. The van der Waals surface area contributed by atoms with Gasteiger partial charge in [0.05, 0.1) is 6.10 Å². The molecule has 0 bridgehead atoms. The van der Waals surface area contributed by atoms with Gasteiger partial charge in [0.2, 0.25) is 0 Å². The first kappa shape index (κ1) is 19.3. The molecule has 1 heteroatoms. The van der Waals surface area contributed by atoms with Crippen LogP contribution in [0.4, 0.5) is 0 Å². The Kier molecular flexibility index (Phi) is 9.65. The topological polar surface area (TPSA) is 9.23 Å². The lowest BCUT2D eigenvalue weighted by molar-refractivity contribution is -0.00678. The summed E-state index contributed by atoms with van der Waals surface area (Å²) in [6.07, 6.45) is 23.6. The summed E-state index contributed by atoms with van der Waals surface area (Å²) in [5.41, 5.74) is 0. The van der Waals surface area contributed by atoms with Gasteiger partial charge in [0.25, 0.3) is 0 Å². The van der Waals surface area contributed by atoms with Crippen LogP contribution in [0.25, 0.3) is 0 Å². The van der Waals surface area contributed by atoms with Gasteiger partial charge < -0.3 is 4.74 Å². The standard InChI is InChI=1S/C22H42O/c1-3-4-5-6-7-8-9-18-21(23-2)22(19-14-10-11-15-19)20-16-12-13-17-20/h19-22H,3-18H2,1-2H3. The van der Waals surface area contributed by atoms with Crippen LogP contribution in [0.3, 0.4) is 0 Å². The minimum atomic E-state index is 0.553. The van der Waals surface area contributed by atoms with Crippen molar-refractivity contribution in [1.82, 2.24) is 0 Å². The number of hydrogen-bond donors (Lipinski definition) is 0. The Bertz CT molecular complexity index is 260. The third-order valence-electron chi connectivity index (χ3n) is 6.71. The SMILES string of the molecule is CCCCCCCCCC(OC)C(C1CCCC1)C1CCCC1. The van der Waals surface area contributed by atoms with Gasteiger partial charge in [-0.05, 0) is 24.2 Å². The van der Waals surface area contributed by atoms with Gasteiger partial charge >= 0.3 is 0 Å². The molecular formula is C22H42O. The van der Waals surface area contributed by atoms with Crippen molar-refractivity contribution in [1.29, 1.82) is 0 Å². The molecule has 0 aliphatic heterocycles. The molecule has 2 rings (SSSR count). The van der Waals surface area contributed by atoms with E-state index < -0.39 is 0 Å². The molecule has 2 fully saturated rings. The van der Waals surface area contributed by atoms with Crippen LogP contribution < -0.4 is 0 Å². The van der Waals surface area contributed by atoms with Crippen molar-refractivity contribution in [3.8, 4) is 0 Å². The second kappa shape index (κ2) is 11.5. The summed E-state index contributed by atoms with van der Waals surface area (Å²) < 4.78 is 6.08. The Morgan fingerprint density at radius 3 is 1.70 bits per heavy atom. The van der Waals surface area contributed by atoms with E-state index in [1.807, 2.05) is 7.11 Å². The van der Waals surface area contributed by atoms with E-state index in [2.05, 4.69) is 6.92 Å². The Morgan fingerprint density at radius 1 is 0.739 bits per heavy atom. The molecule has 2 aliphatic rings. The smallest absolute Gasteiger partial charge is 0.0604 e. The van der Waals surface area contributed by atoms with Crippen LogP contribution in [0.2, 0.25) is 0 Å². The third-order valence-corrected chi connectivity index (χ3v) is 6.71. The van der Waals surface area contributed by atoms with Crippen LogP contribution in [-0.4, -0.2) is 13.2 Å². The molecule has 0 aromatic rings. The van der Waals surface area contributed by atoms with Crippen molar-refractivity contribution >= 4 is 0 Å². The molecule has 1 unspecified atom stereocenters. The fourth-order valence-corrected chi connectivity index (χ4v) is 5.45. The van der Waals surface area contributed by atoms with Crippen molar-refractivity contribution in [2.24, 2.45) is 17.8 Å². The summed E-state index contributed by atoms with van der Waals surface area (Å²) in [7, 11) is 1.99. The van der Waals surface area contributed by atoms with Crippen LogP contribution in [0.15, 0.2) is 0 Å². The molecule has 23 heavy (non-hydrogen) atoms. The van der Waals surface area contributed by atoms with Gasteiger partial charge in [0, 0.05) is 7.11 Å².